The monoisotopic (exact) mass is 366 g/mol. The number of rotatable bonds is 4. The lowest BCUT2D eigenvalue weighted by atomic mass is 10.4. The van der Waals surface area contributed by atoms with Crippen LogP contribution in [0.2, 0.25) is 0 Å². The Morgan fingerprint density at radius 2 is 2.17 bits per heavy atom. The van der Waals surface area contributed by atoms with E-state index in [4.69, 9.17) is 10.3 Å². The second-order valence-electron chi connectivity index (χ2n) is 4.52. The zero-order chi connectivity index (χ0) is 17.3. The predicted molar refractivity (Wildman–Crippen MR) is 83.4 cm³/mol. The van der Waals surface area contributed by atoms with Crippen molar-refractivity contribution in [1.82, 2.24) is 24.8 Å². The fraction of sp³-hybridized carbons (Fsp3) is 0.0833. The van der Waals surface area contributed by atoms with Gasteiger partial charge in [0.15, 0.2) is 16.5 Å². The highest BCUT2D eigenvalue weighted by molar-refractivity contribution is 7.90. The molecule has 124 valence electrons. The van der Waals surface area contributed by atoms with E-state index in [1.54, 1.807) is 0 Å². The highest BCUT2D eigenvalue weighted by atomic mass is 32.2. The average Bonchev–Trinajstić information content (AvgIpc) is 3.15. The van der Waals surface area contributed by atoms with Crippen molar-refractivity contribution in [3.05, 3.63) is 35.4 Å². The number of nitrogens with zero attached hydrogens (tertiary/aromatic N) is 4. The summed E-state index contributed by atoms with van der Waals surface area (Å²) in [5, 5.41) is 5.20. The van der Waals surface area contributed by atoms with Gasteiger partial charge in [0, 0.05) is 17.8 Å². The summed E-state index contributed by atoms with van der Waals surface area (Å²) in [6.07, 6.45) is 4.47. The number of hydrogen-bond donors (Lipinski definition) is 2. The minimum atomic E-state index is -4.23. The molecule has 0 saturated carbocycles. The van der Waals surface area contributed by atoms with Crippen molar-refractivity contribution in [3.63, 3.8) is 0 Å². The largest absolute Gasteiger partial charge is 0.380 e. The molecule has 3 aromatic rings. The van der Waals surface area contributed by atoms with Crippen LogP contribution in [0.25, 0.3) is 10.7 Å². The smallest absolute Gasteiger partial charge is 0.284 e. The van der Waals surface area contributed by atoms with E-state index in [1.807, 2.05) is 4.72 Å². The molecule has 0 spiro atoms. The van der Waals surface area contributed by atoms with Crippen LogP contribution in [0.4, 0.5) is 5.82 Å². The maximum Gasteiger partial charge on any atom is 0.284 e. The Labute approximate surface area is 139 Å². The van der Waals surface area contributed by atoms with Crippen LogP contribution in [0, 0.1) is 6.92 Å². The van der Waals surface area contributed by atoms with E-state index in [1.165, 1.54) is 30.9 Å². The van der Waals surface area contributed by atoms with Crippen molar-refractivity contribution < 1.29 is 17.7 Å². The number of amides is 1. The number of nitrogens with one attached hydrogen (secondary N) is 1. The topological polar surface area (TPSA) is 154 Å². The van der Waals surface area contributed by atoms with Gasteiger partial charge in [-0.2, -0.15) is 0 Å². The molecular weight excluding hydrogens is 356 g/mol. The van der Waals surface area contributed by atoms with Gasteiger partial charge in [0.25, 0.3) is 15.9 Å². The quantitative estimate of drug-likeness (QED) is 0.675. The number of nitrogen functional groups attached to an aromatic ring is 1. The number of hydrogen-bond acceptors (Lipinski definition) is 10. The van der Waals surface area contributed by atoms with E-state index < -0.39 is 15.9 Å². The number of carbonyl (C=O) groups is 1. The van der Waals surface area contributed by atoms with Crippen LogP contribution < -0.4 is 10.5 Å². The molecule has 3 heterocycles. The van der Waals surface area contributed by atoms with Gasteiger partial charge in [-0.3, -0.25) is 14.8 Å². The molecular formula is C12H10N6O4S2. The van der Waals surface area contributed by atoms with Gasteiger partial charge in [0.05, 0.1) is 6.20 Å². The number of nitrogens with two attached hydrogens (primary N) is 1. The first-order valence-electron chi connectivity index (χ1n) is 6.39. The Morgan fingerprint density at radius 3 is 2.79 bits per heavy atom. The molecule has 3 N–H and O–H groups in total. The van der Waals surface area contributed by atoms with Gasteiger partial charge in [0.2, 0.25) is 0 Å². The molecule has 12 heteroatoms. The Morgan fingerprint density at radius 1 is 1.38 bits per heavy atom. The molecule has 0 unspecified atom stereocenters. The van der Waals surface area contributed by atoms with Crippen LogP contribution in [0.3, 0.4) is 0 Å². The molecule has 0 radical (unpaired) electrons. The predicted octanol–water partition coefficient (Wildman–Crippen LogP) is 0.597. The third-order valence-corrected chi connectivity index (χ3v) is 5.20. The number of anilines is 1. The fourth-order valence-corrected chi connectivity index (χ4v) is 3.78. The van der Waals surface area contributed by atoms with Crippen molar-refractivity contribution in [3.8, 4) is 10.7 Å². The Kier molecular flexibility index (Phi) is 3.99. The van der Waals surface area contributed by atoms with Crippen molar-refractivity contribution in [1.29, 1.82) is 0 Å². The first kappa shape index (κ1) is 16.0. The summed E-state index contributed by atoms with van der Waals surface area (Å²) in [6.45, 7) is 1.37. The van der Waals surface area contributed by atoms with Crippen LogP contribution in [0.15, 0.2) is 33.4 Å². The van der Waals surface area contributed by atoms with Crippen LogP contribution >= 0.6 is 11.3 Å². The summed E-state index contributed by atoms with van der Waals surface area (Å²) >= 11 is 1.14. The van der Waals surface area contributed by atoms with Crippen molar-refractivity contribution in [2.24, 2.45) is 0 Å². The van der Waals surface area contributed by atoms with Crippen LogP contribution in [0.1, 0.15) is 16.2 Å². The molecule has 0 atom stereocenters. The highest BCUT2D eigenvalue weighted by Crippen LogP contribution is 2.23. The van der Waals surface area contributed by atoms with Crippen molar-refractivity contribution >= 4 is 33.1 Å². The van der Waals surface area contributed by atoms with E-state index in [0.717, 1.165) is 11.3 Å². The van der Waals surface area contributed by atoms with Crippen molar-refractivity contribution in [2.75, 3.05) is 5.73 Å². The van der Waals surface area contributed by atoms with E-state index in [2.05, 4.69) is 20.1 Å². The lowest BCUT2D eigenvalue weighted by Gasteiger charge is -2.04. The maximum absolute atomic E-state index is 12.2. The zero-order valence-corrected chi connectivity index (χ0v) is 13.8. The normalized spacial score (nSPS) is 11.4. The number of thiazole rings is 1. The summed E-state index contributed by atoms with van der Waals surface area (Å²) < 4.78 is 31.1. The molecule has 0 bridgehead atoms. The third-order valence-electron chi connectivity index (χ3n) is 2.85. The molecule has 0 aliphatic heterocycles. The highest BCUT2D eigenvalue weighted by Gasteiger charge is 2.28. The van der Waals surface area contributed by atoms with E-state index in [0.29, 0.717) is 10.7 Å². The lowest BCUT2D eigenvalue weighted by molar-refractivity contribution is 0.0977. The number of sulfonamides is 1. The minimum absolute atomic E-state index is 0.0219. The number of aromatic nitrogens is 4. The van der Waals surface area contributed by atoms with Gasteiger partial charge in [-0.1, -0.05) is 5.16 Å². The van der Waals surface area contributed by atoms with Gasteiger partial charge < -0.3 is 10.3 Å². The number of aryl methyl sites for hydroxylation is 1. The number of carbonyl (C=O) groups excluding carboxylic acids is 1. The van der Waals surface area contributed by atoms with Gasteiger partial charge in [-0.15, -0.1) is 11.3 Å². The summed E-state index contributed by atoms with van der Waals surface area (Å²) in [4.78, 5) is 23.8. The molecule has 10 nitrogen and oxygen atoms in total. The van der Waals surface area contributed by atoms with Crippen LogP contribution in [-0.4, -0.2) is 34.4 Å². The molecule has 0 aromatic carbocycles. The molecule has 24 heavy (non-hydrogen) atoms. The second kappa shape index (κ2) is 5.98. The standard InChI is InChI=1S/C12H10N6O4S2/c1-6-9(10(13)17-22-6)24(20,21)18-11(19)8-5-23-12(16-8)7-4-14-2-3-15-7/h2-5H,1H3,(H2,13,17)(H,18,19). The Balaban J connectivity index is 1.85. The van der Waals surface area contributed by atoms with E-state index in [9.17, 15) is 13.2 Å². The summed E-state index contributed by atoms with van der Waals surface area (Å²) in [5.74, 6) is -1.25. The fourth-order valence-electron chi connectivity index (χ4n) is 1.84. The SMILES string of the molecule is Cc1onc(N)c1S(=O)(=O)NC(=O)c1csc(-c2cnccn2)n1. The van der Waals surface area contributed by atoms with Crippen LogP contribution in [0.5, 0.6) is 0 Å². The molecule has 1 amide bonds. The summed E-state index contributed by atoms with van der Waals surface area (Å²) in [6, 6.07) is 0. The Hall–Kier alpha value is -2.86. The van der Waals surface area contributed by atoms with Crippen molar-refractivity contribution in [2.45, 2.75) is 11.8 Å². The van der Waals surface area contributed by atoms with E-state index in [-0.39, 0.29) is 22.2 Å². The van der Waals surface area contributed by atoms with Crippen LogP contribution in [-0.2, 0) is 10.0 Å². The zero-order valence-electron chi connectivity index (χ0n) is 12.1. The summed E-state index contributed by atoms with van der Waals surface area (Å²) in [5.41, 5.74) is 5.86. The lowest BCUT2D eigenvalue weighted by Crippen LogP contribution is -2.31. The molecule has 0 aliphatic rings. The second-order valence-corrected chi connectivity index (χ2v) is 6.99. The average molecular weight is 366 g/mol. The summed E-state index contributed by atoms with van der Waals surface area (Å²) in [7, 11) is -4.23. The molecule has 3 rings (SSSR count). The minimum Gasteiger partial charge on any atom is -0.380 e. The molecule has 0 fully saturated rings. The van der Waals surface area contributed by atoms with Gasteiger partial charge in [-0.05, 0) is 6.92 Å². The molecule has 0 aliphatic carbocycles. The Bertz CT molecular complexity index is 976. The first-order valence-corrected chi connectivity index (χ1v) is 8.75. The third kappa shape index (κ3) is 2.96. The first-order chi connectivity index (χ1) is 11.4. The maximum atomic E-state index is 12.2. The van der Waals surface area contributed by atoms with Gasteiger partial charge in [0.1, 0.15) is 16.4 Å². The van der Waals surface area contributed by atoms with Gasteiger partial charge >= 0.3 is 0 Å². The molecule has 3 aromatic heterocycles. The van der Waals surface area contributed by atoms with Gasteiger partial charge in [-0.25, -0.2) is 18.1 Å². The van der Waals surface area contributed by atoms with E-state index >= 15 is 0 Å². The molecule has 0 saturated heterocycles.